The number of H-pyrrole nitrogens is 1. The van der Waals surface area contributed by atoms with Crippen molar-refractivity contribution in [3.05, 3.63) is 18.2 Å². The Morgan fingerprint density at radius 2 is 2.27 bits per heavy atom. The van der Waals surface area contributed by atoms with Gasteiger partial charge in [0.25, 0.3) is 0 Å². The van der Waals surface area contributed by atoms with Crippen LogP contribution in [0.2, 0.25) is 0 Å². The van der Waals surface area contributed by atoms with Crippen LogP contribution in [0.1, 0.15) is 0 Å². The smallest absolute Gasteiger partial charge is 0.198 e. The number of para-hydroxylation sites is 1. The fourth-order valence-corrected chi connectivity index (χ4v) is 1.04. The second-order valence-electron chi connectivity index (χ2n) is 2.30. The highest BCUT2D eigenvalue weighted by Crippen LogP contribution is 2.21. The summed E-state index contributed by atoms with van der Waals surface area (Å²) in [5.74, 6) is 0.469. The molecule has 2 rings (SSSR count). The van der Waals surface area contributed by atoms with Gasteiger partial charge >= 0.3 is 0 Å². The van der Waals surface area contributed by atoms with Gasteiger partial charge in [0, 0.05) is 0 Å². The van der Waals surface area contributed by atoms with Gasteiger partial charge in [-0.15, -0.1) is 0 Å². The number of aromatic hydroxyl groups is 1. The minimum atomic E-state index is 0.149. The van der Waals surface area contributed by atoms with Crippen LogP contribution in [0.15, 0.2) is 18.2 Å². The number of aromatic amines is 1. The molecule has 0 fully saturated rings. The number of aromatic nitrogens is 2. The van der Waals surface area contributed by atoms with E-state index in [4.69, 9.17) is 5.73 Å². The maximum atomic E-state index is 9.25. The molecule has 1 aromatic heterocycles. The van der Waals surface area contributed by atoms with Gasteiger partial charge in [0.2, 0.25) is 0 Å². The van der Waals surface area contributed by atoms with E-state index in [0.29, 0.717) is 11.5 Å². The first-order valence-corrected chi connectivity index (χ1v) is 3.20. The number of fused-ring (bicyclic) bond motifs is 1. The van der Waals surface area contributed by atoms with Gasteiger partial charge in [-0.3, -0.25) is 0 Å². The van der Waals surface area contributed by atoms with E-state index in [1.807, 2.05) is 0 Å². The van der Waals surface area contributed by atoms with Crippen LogP contribution < -0.4 is 5.73 Å². The number of hydrogen-bond acceptors (Lipinski definition) is 3. The molecule has 4 N–H and O–H groups in total. The van der Waals surface area contributed by atoms with Crippen LogP contribution in [-0.4, -0.2) is 15.1 Å². The Kier molecular flexibility index (Phi) is 1.03. The molecule has 1 heterocycles. The summed E-state index contributed by atoms with van der Waals surface area (Å²) in [5.41, 5.74) is 6.65. The maximum absolute atomic E-state index is 9.25. The summed E-state index contributed by atoms with van der Waals surface area (Å²) in [6.07, 6.45) is 0. The van der Waals surface area contributed by atoms with E-state index >= 15 is 0 Å². The Balaban J connectivity index is 2.90. The number of rotatable bonds is 0. The molecule has 0 spiro atoms. The fraction of sp³-hybridized carbons (Fsp3) is 0. The van der Waals surface area contributed by atoms with Crippen LogP contribution >= 0.6 is 0 Å². The summed E-state index contributed by atoms with van der Waals surface area (Å²) < 4.78 is 0. The Morgan fingerprint density at radius 3 is 3.00 bits per heavy atom. The quantitative estimate of drug-likeness (QED) is 0.519. The second kappa shape index (κ2) is 1.88. The molecule has 0 unspecified atom stereocenters. The number of phenols is 1. The molecule has 0 saturated heterocycles. The molecule has 11 heavy (non-hydrogen) atoms. The Bertz CT molecular complexity index is 393. The standard InChI is InChI=1S/C7H7N3O/c8-7-9-4-2-1-3-5(11)6(4)10-7/h1-3,11H,(H3,8,9,10). The van der Waals surface area contributed by atoms with E-state index in [-0.39, 0.29) is 5.75 Å². The number of nitrogens with two attached hydrogens (primary N) is 1. The second-order valence-corrected chi connectivity index (χ2v) is 2.30. The van der Waals surface area contributed by atoms with E-state index < -0.39 is 0 Å². The van der Waals surface area contributed by atoms with Crippen molar-refractivity contribution in [3.8, 4) is 5.75 Å². The number of hydrogen-bond donors (Lipinski definition) is 3. The summed E-state index contributed by atoms with van der Waals surface area (Å²) >= 11 is 0. The third-order valence-corrected chi connectivity index (χ3v) is 1.51. The zero-order valence-electron chi connectivity index (χ0n) is 5.70. The van der Waals surface area contributed by atoms with Gasteiger partial charge in [-0.05, 0) is 12.1 Å². The fourth-order valence-electron chi connectivity index (χ4n) is 1.04. The highest BCUT2D eigenvalue weighted by atomic mass is 16.3. The van der Waals surface area contributed by atoms with Crippen molar-refractivity contribution in [1.82, 2.24) is 9.97 Å². The number of anilines is 1. The van der Waals surface area contributed by atoms with Gasteiger partial charge in [-0.25, -0.2) is 4.98 Å². The van der Waals surface area contributed by atoms with Gasteiger partial charge < -0.3 is 15.8 Å². The van der Waals surface area contributed by atoms with Crippen LogP contribution in [0.3, 0.4) is 0 Å². The summed E-state index contributed by atoms with van der Waals surface area (Å²) in [6.45, 7) is 0. The van der Waals surface area contributed by atoms with Gasteiger partial charge in [-0.1, -0.05) is 6.07 Å². The number of phenolic OH excluding ortho intramolecular Hbond substituents is 1. The van der Waals surface area contributed by atoms with Crippen LogP contribution in [0.25, 0.3) is 11.0 Å². The zero-order chi connectivity index (χ0) is 7.84. The Morgan fingerprint density at radius 1 is 1.45 bits per heavy atom. The van der Waals surface area contributed by atoms with Crippen molar-refractivity contribution >= 4 is 17.0 Å². The predicted molar refractivity (Wildman–Crippen MR) is 42.2 cm³/mol. The maximum Gasteiger partial charge on any atom is 0.198 e. The van der Waals surface area contributed by atoms with Crippen LogP contribution in [-0.2, 0) is 0 Å². The molecular weight excluding hydrogens is 142 g/mol. The van der Waals surface area contributed by atoms with E-state index in [9.17, 15) is 5.11 Å². The number of nitrogens with one attached hydrogen (secondary N) is 1. The average molecular weight is 149 g/mol. The van der Waals surface area contributed by atoms with Crippen LogP contribution in [0.5, 0.6) is 5.75 Å². The van der Waals surface area contributed by atoms with Gasteiger partial charge in [-0.2, -0.15) is 0 Å². The summed E-state index contributed by atoms with van der Waals surface area (Å²) in [5, 5.41) is 9.25. The third-order valence-electron chi connectivity index (χ3n) is 1.51. The molecular formula is C7H7N3O. The molecule has 56 valence electrons. The Labute approximate surface area is 62.7 Å². The molecule has 1 aromatic carbocycles. The molecule has 0 bridgehead atoms. The lowest BCUT2D eigenvalue weighted by Crippen LogP contribution is -1.84. The number of imidazole rings is 1. The minimum absolute atomic E-state index is 0.149. The van der Waals surface area contributed by atoms with Crippen molar-refractivity contribution in [2.24, 2.45) is 0 Å². The molecule has 0 aliphatic heterocycles. The SMILES string of the molecule is Nc1nc2c(O)cccc2[nH]1. The highest BCUT2D eigenvalue weighted by molar-refractivity contribution is 5.82. The van der Waals surface area contributed by atoms with Crippen molar-refractivity contribution in [2.75, 3.05) is 5.73 Å². The molecule has 0 radical (unpaired) electrons. The van der Waals surface area contributed by atoms with Gasteiger partial charge in [0.1, 0.15) is 11.3 Å². The lowest BCUT2D eigenvalue weighted by atomic mass is 10.3. The first kappa shape index (κ1) is 6.03. The van der Waals surface area contributed by atoms with E-state index in [1.165, 1.54) is 0 Å². The number of benzene rings is 1. The Hall–Kier alpha value is -1.71. The molecule has 4 nitrogen and oxygen atoms in total. The van der Waals surface area contributed by atoms with Crippen LogP contribution in [0, 0.1) is 0 Å². The molecule has 0 saturated carbocycles. The van der Waals surface area contributed by atoms with Crippen LogP contribution in [0.4, 0.5) is 5.95 Å². The monoisotopic (exact) mass is 149 g/mol. The lowest BCUT2D eigenvalue weighted by molar-refractivity contribution is 0.480. The molecule has 0 amide bonds. The molecule has 2 aromatic rings. The molecule has 0 aliphatic carbocycles. The third kappa shape index (κ3) is 0.797. The first-order chi connectivity index (χ1) is 5.27. The molecule has 4 heteroatoms. The average Bonchev–Trinajstić information content (AvgIpc) is 2.31. The van der Waals surface area contributed by atoms with Crippen molar-refractivity contribution in [3.63, 3.8) is 0 Å². The minimum Gasteiger partial charge on any atom is -0.506 e. The predicted octanol–water partition coefficient (Wildman–Crippen LogP) is 0.851. The topological polar surface area (TPSA) is 74.9 Å². The van der Waals surface area contributed by atoms with E-state index in [2.05, 4.69) is 9.97 Å². The zero-order valence-corrected chi connectivity index (χ0v) is 5.70. The number of nitrogens with zero attached hydrogens (tertiary/aromatic N) is 1. The molecule has 0 atom stereocenters. The number of nitrogen functional groups attached to an aromatic ring is 1. The van der Waals surface area contributed by atoms with E-state index in [0.717, 1.165) is 5.52 Å². The molecule has 0 aliphatic rings. The lowest BCUT2D eigenvalue weighted by Gasteiger charge is -1.89. The summed E-state index contributed by atoms with van der Waals surface area (Å²) in [4.78, 5) is 6.69. The summed E-state index contributed by atoms with van der Waals surface area (Å²) in [7, 11) is 0. The first-order valence-electron chi connectivity index (χ1n) is 3.20. The summed E-state index contributed by atoms with van der Waals surface area (Å²) in [6, 6.07) is 5.11. The normalized spacial score (nSPS) is 10.5. The van der Waals surface area contributed by atoms with Crippen molar-refractivity contribution in [2.45, 2.75) is 0 Å². The largest absolute Gasteiger partial charge is 0.506 e. The van der Waals surface area contributed by atoms with E-state index in [1.54, 1.807) is 18.2 Å². The van der Waals surface area contributed by atoms with Crippen molar-refractivity contribution in [1.29, 1.82) is 0 Å². The van der Waals surface area contributed by atoms with Gasteiger partial charge in [0.15, 0.2) is 5.95 Å². The van der Waals surface area contributed by atoms with Crippen molar-refractivity contribution < 1.29 is 5.11 Å². The highest BCUT2D eigenvalue weighted by Gasteiger charge is 2.02. The van der Waals surface area contributed by atoms with Gasteiger partial charge in [0.05, 0.1) is 5.52 Å².